The summed E-state index contributed by atoms with van der Waals surface area (Å²) in [6.45, 7) is 1.23. The van der Waals surface area contributed by atoms with Gasteiger partial charge in [-0.2, -0.15) is 5.10 Å². The number of piperidine rings is 1. The number of carboxylic acid groups (broad SMARTS) is 1. The van der Waals surface area contributed by atoms with Gasteiger partial charge in [0.05, 0.1) is 12.0 Å². The summed E-state index contributed by atoms with van der Waals surface area (Å²) in [5, 5.41) is 13.8. The van der Waals surface area contributed by atoms with Gasteiger partial charge >= 0.3 is 5.97 Å². The molecule has 0 aliphatic carbocycles. The molecular weight excluding hydrogens is 306 g/mol. The number of rotatable bonds is 6. The molecule has 2 atom stereocenters. The monoisotopic (exact) mass is 327 g/mol. The second-order valence-corrected chi connectivity index (χ2v) is 6.05. The molecule has 6 heteroatoms. The normalized spacial score (nSPS) is 21.0. The summed E-state index contributed by atoms with van der Waals surface area (Å²) in [6.07, 6.45) is 5.03. The number of carbonyl (C=O) groups excluding carboxylic acids is 1. The fourth-order valence-corrected chi connectivity index (χ4v) is 3.37. The van der Waals surface area contributed by atoms with Crippen LogP contribution in [0.1, 0.15) is 30.9 Å². The van der Waals surface area contributed by atoms with Crippen LogP contribution in [-0.4, -0.2) is 38.2 Å². The zero-order chi connectivity index (χ0) is 16.9. The molecule has 6 nitrogen and oxygen atoms in total. The summed E-state index contributed by atoms with van der Waals surface area (Å²) in [7, 11) is 0. The molecule has 1 aliphatic rings. The van der Waals surface area contributed by atoms with Crippen molar-refractivity contribution in [2.75, 3.05) is 6.54 Å². The molecule has 0 unspecified atom stereocenters. The van der Waals surface area contributed by atoms with Crippen LogP contribution in [0.25, 0.3) is 0 Å². The number of benzene rings is 1. The van der Waals surface area contributed by atoms with Gasteiger partial charge in [0, 0.05) is 31.9 Å². The number of hydrogen-bond acceptors (Lipinski definition) is 3. The first-order valence-corrected chi connectivity index (χ1v) is 8.21. The third-order valence-corrected chi connectivity index (χ3v) is 4.51. The summed E-state index contributed by atoms with van der Waals surface area (Å²) in [4.78, 5) is 25.9. The van der Waals surface area contributed by atoms with E-state index in [2.05, 4.69) is 5.10 Å². The maximum absolute atomic E-state index is 12.4. The van der Waals surface area contributed by atoms with Crippen LogP contribution in [0.2, 0.25) is 0 Å². The van der Waals surface area contributed by atoms with Gasteiger partial charge in [-0.05, 0) is 24.5 Å². The van der Waals surface area contributed by atoms with Gasteiger partial charge in [-0.25, -0.2) is 0 Å². The van der Waals surface area contributed by atoms with E-state index in [4.69, 9.17) is 0 Å². The van der Waals surface area contributed by atoms with E-state index >= 15 is 0 Å². The van der Waals surface area contributed by atoms with Crippen LogP contribution in [-0.2, 0) is 16.1 Å². The number of aromatic nitrogens is 2. The Labute approximate surface area is 140 Å². The van der Waals surface area contributed by atoms with E-state index in [1.54, 1.807) is 11.1 Å². The van der Waals surface area contributed by atoms with Crippen molar-refractivity contribution < 1.29 is 14.7 Å². The third-order valence-electron chi connectivity index (χ3n) is 4.51. The van der Waals surface area contributed by atoms with Gasteiger partial charge in [-0.15, -0.1) is 0 Å². The van der Waals surface area contributed by atoms with Crippen LogP contribution in [0.4, 0.5) is 0 Å². The van der Waals surface area contributed by atoms with E-state index in [1.165, 1.54) is 0 Å². The van der Waals surface area contributed by atoms with E-state index in [0.29, 0.717) is 25.9 Å². The molecule has 1 aromatic heterocycles. The number of hydrogen-bond donors (Lipinski definition) is 1. The number of amides is 1. The van der Waals surface area contributed by atoms with Gasteiger partial charge in [0.15, 0.2) is 0 Å². The number of carboxylic acids is 1. The van der Waals surface area contributed by atoms with E-state index in [0.717, 1.165) is 12.0 Å². The lowest BCUT2D eigenvalue weighted by atomic mass is 9.84. The van der Waals surface area contributed by atoms with Crippen LogP contribution in [0.5, 0.6) is 0 Å². The summed E-state index contributed by atoms with van der Waals surface area (Å²) in [6, 6.07) is 10.9. The second-order valence-electron chi connectivity index (χ2n) is 6.05. The Kier molecular flexibility index (Phi) is 4.93. The maximum Gasteiger partial charge on any atom is 0.308 e. The highest BCUT2D eigenvalue weighted by Gasteiger charge is 2.40. The van der Waals surface area contributed by atoms with Crippen LogP contribution >= 0.6 is 0 Å². The van der Waals surface area contributed by atoms with Gasteiger partial charge in [-0.1, -0.05) is 30.3 Å². The minimum atomic E-state index is -0.839. The number of nitrogens with zero attached hydrogens (tertiary/aromatic N) is 3. The standard InChI is InChI=1S/C18H21N3O3/c22-16-9-8-15(18(23)24)17(14-6-2-1-3-7-14)21(16)13-5-12-20-11-4-10-19-20/h1-4,6-7,10-11,15,17H,5,8-9,12-13H2,(H,23,24)/t15-,17-/m0/s1. The molecule has 1 aliphatic heterocycles. The van der Waals surface area contributed by atoms with Crippen molar-refractivity contribution >= 4 is 11.9 Å². The first kappa shape index (κ1) is 16.2. The first-order valence-electron chi connectivity index (χ1n) is 8.21. The molecule has 1 saturated heterocycles. The number of carbonyl (C=O) groups is 2. The molecule has 0 radical (unpaired) electrons. The number of aryl methyl sites for hydroxylation is 1. The SMILES string of the molecule is O=C(O)[C@H]1CCC(=O)N(CCCn2cccn2)[C@H]1c1ccccc1. The first-order chi connectivity index (χ1) is 11.7. The Morgan fingerprint density at radius 1 is 1.21 bits per heavy atom. The zero-order valence-corrected chi connectivity index (χ0v) is 13.4. The molecule has 1 aromatic carbocycles. The molecule has 0 bridgehead atoms. The summed E-state index contributed by atoms with van der Waals surface area (Å²) < 4.78 is 1.82. The Hall–Kier alpha value is -2.63. The zero-order valence-electron chi connectivity index (χ0n) is 13.4. The highest BCUT2D eigenvalue weighted by Crippen LogP contribution is 2.36. The lowest BCUT2D eigenvalue weighted by Crippen LogP contribution is -2.45. The molecule has 2 aromatic rings. The van der Waals surface area contributed by atoms with Crippen molar-refractivity contribution in [2.45, 2.75) is 31.8 Å². The Bertz CT molecular complexity index is 685. The smallest absolute Gasteiger partial charge is 0.308 e. The van der Waals surface area contributed by atoms with Crippen LogP contribution in [0.15, 0.2) is 48.8 Å². The molecule has 0 spiro atoms. The van der Waals surface area contributed by atoms with E-state index in [9.17, 15) is 14.7 Å². The van der Waals surface area contributed by atoms with Crippen molar-refractivity contribution in [3.05, 3.63) is 54.4 Å². The molecule has 2 heterocycles. The van der Waals surface area contributed by atoms with E-state index < -0.39 is 17.9 Å². The largest absolute Gasteiger partial charge is 0.481 e. The van der Waals surface area contributed by atoms with Gasteiger partial charge < -0.3 is 10.0 Å². The molecule has 0 saturated carbocycles. The summed E-state index contributed by atoms with van der Waals surface area (Å²) in [5.74, 6) is -1.37. The molecule has 1 amide bonds. The van der Waals surface area contributed by atoms with Crippen LogP contribution in [0.3, 0.4) is 0 Å². The average molecular weight is 327 g/mol. The molecular formula is C18H21N3O3. The fraction of sp³-hybridized carbons (Fsp3) is 0.389. The number of likely N-dealkylation sites (tertiary alicyclic amines) is 1. The molecule has 126 valence electrons. The van der Waals surface area contributed by atoms with Crippen molar-refractivity contribution in [2.24, 2.45) is 5.92 Å². The van der Waals surface area contributed by atoms with Crippen molar-refractivity contribution in [1.82, 2.24) is 14.7 Å². The number of aliphatic carboxylic acids is 1. The van der Waals surface area contributed by atoms with Gasteiger partial charge in [0.1, 0.15) is 0 Å². The Morgan fingerprint density at radius 2 is 2.00 bits per heavy atom. The van der Waals surface area contributed by atoms with Gasteiger partial charge in [0.2, 0.25) is 5.91 Å². The third kappa shape index (κ3) is 3.48. The summed E-state index contributed by atoms with van der Waals surface area (Å²) >= 11 is 0. The van der Waals surface area contributed by atoms with Crippen molar-refractivity contribution in [1.29, 1.82) is 0 Å². The highest BCUT2D eigenvalue weighted by molar-refractivity contribution is 5.81. The van der Waals surface area contributed by atoms with Crippen molar-refractivity contribution in [3.8, 4) is 0 Å². The quantitative estimate of drug-likeness (QED) is 0.883. The lowest BCUT2D eigenvalue weighted by Gasteiger charge is -2.40. The molecule has 3 rings (SSSR count). The van der Waals surface area contributed by atoms with E-state index in [1.807, 2.05) is 47.3 Å². The Morgan fingerprint density at radius 3 is 2.67 bits per heavy atom. The van der Waals surface area contributed by atoms with E-state index in [-0.39, 0.29) is 5.91 Å². The second kappa shape index (κ2) is 7.29. The fourth-order valence-electron chi connectivity index (χ4n) is 3.37. The predicted molar refractivity (Wildman–Crippen MR) is 88.1 cm³/mol. The lowest BCUT2D eigenvalue weighted by molar-refractivity contribution is -0.152. The molecule has 1 fully saturated rings. The maximum atomic E-state index is 12.4. The van der Waals surface area contributed by atoms with Crippen molar-refractivity contribution in [3.63, 3.8) is 0 Å². The van der Waals surface area contributed by atoms with Crippen LogP contribution in [0, 0.1) is 5.92 Å². The topological polar surface area (TPSA) is 75.4 Å². The highest BCUT2D eigenvalue weighted by atomic mass is 16.4. The summed E-state index contributed by atoms with van der Waals surface area (Å²) in [5.41, 5.74) is 0.886. The van der Waals surface area contributed by atoms with Gasteiger partial charge in [-0.3, -0.25) is 14.3 Å². The minimum Gasteiger partial charge on any atom is -0.481 e. The Balaban J connectivity index is 1.78. The predicted octanol–water partition coefficient (Wildman–Crippen LogP) is 2.34. The van der Waals surface area contributed by atoms with Crippen LogP contribution < -0.4 is 0 Å². The minimum absolute atomic E-state index is 0.0295. The molecule has 24 heavy (non-hydrogen) atoms. The molecule has 1 N–H and O–H groups in total. The van der Waals surface area contributed by atoms with Gasteiger partial charge in [0.25, 0.3) is 0 Å². The average Bonchev–Trinajstić information content (AvgIpc) is 3.10.